The van der Waals surface area contributed by atoms with Gasteiger partial charge in [-0.1, -0.05) is 48.0 Å². The van der Waals surface area contributed by atoms with Crippen LogP contribution in [-0.2, 0) is 0 Å². The van der Waals surface area contributed by atoms with Crippen LogP contribution < -0.4 is 4.74 Å². The van der Waals surface area contributed by atoms with Crippen LogP contribution in [-0.4, -0.2) is 15.6 Å². The van der Waals surface area contributed by atoms with Gasteiger partial charge in [0, 0.05) is 34.7 Å². The second-order valence-corrected chi connectivity index (χ2v) is 8.65. The van der Waals surface area contributed by atoms with E-state index in [1.165, 1.54) is 17.5 Å². The molecule has 0 spiro atoms. The summed E-state index contributed by atoms with van der Waals surface area (Å²) in [6, 6.07) is 26.6. The zero-order valence-corrected chi connectivity index (χ0v) is 18.1. The first-order valence-corrected chi connectivity index (χ1v) is 11.0. The topological polar surface area (TPSA) is 68.0 Å². The molecule has 6 rings (SSSR count). The minimum atomic E-state index is -0.498. The van der Waals surface area contributed by atoms with Crippen LogP contribution in [0, 0.1) is 10.1 Å². The van der Waals surface area contributed by atoms with Gasteiger partial charge >= 0.3 is 0 Å². The predicted octanol–water partition coefficient (Wildman–Crippen LogP) is 6.64. The molecule has 0 N–H and O–H groups in total. The van der Waals surface area contributed by atoms with Gasteiger partial charge in [0.15, 0.2) is 0 Å². The first-order valence-electron chi connectivity index (χ1n) is 10.6. The third-order valence-corrected chi connectivity index (χ3v) is 6.46. The minimum Gasteiger partial charge on any atom is -0.464 e. The Hall–Kier alpha value is -3.90. The zero-order valence-electron chi connectivity index (χ0n) is 17.4. The van der Waals surface area contributed by atoms with Crippen LogP contribution in [0.25, 0.3) is 10.8 Å². The number of fused-ring (bicyclic) bond motifs is 4. The Morgan fingerprint density at radius 2 is 1.76 bits per heavy atom. The highest BCUT2D eigenvalue weighted by molar-refractivity contribution is 6.30. The number of ether oxygens (including phenoxy) is 1. The molecule has 2 heterocycles. The van der Waals surface area contributed by atoms with E-state index in [-0.39, 0.29) is 11.7 Å². The van der Waals surface area contributed by atoms with Gasteiger partial charge in [0.05, 0.1) is 16.7 Å². The van der Waals surface area contributed by atoms with E-state index >= 15 is 0 Å². The van der Waals surface area contributed by atoms with Crippen LogP contribution in [0.3, 0.4) is 0 Å². The van der Waals surface area contributed by atoms with Crippen LogP contribution in [0.2, 0.25) is 5.02 Å². The fraction of sp³-hybridized carbons (Fsp3) is 0.115. The molecule has 0 aliphatic carbocycles. The fourth-order valence-corrected chi connectivity index (χ4v) is 4.76. The second-order valence-electron chi connectivity index (χ2n) is 8.21. The average molecular weight is 456 g/mol. The first-order chi connectivity index (χ1) is 16.1. The quantitative estimate of drug-likeness (QED) is 0.256. The molecular formula is C26H18ClN3O3. The number of hydrogen-bond donors (Lipinski definition) is 0. The number of nitrogens with zero attached hydrogens (tertiary/aromatic N) is 3. The van der Waals surface area contributed by atoms with Gasteiger partial charge in [-0.2, -0.15) is 5.10 Å². The minimum absolute atomic E-state index is 0.0417. The van der Waals surface area contributed by atoms with E-state index in [2.05, 4.69) is 30.3 Å². The summed E-state index contributed by atoms with van der Waals surface area (Å²) >= 11 is 6.31. The van der Waals surface area contributed by atoms with Crippen LogP contribution in [0.4, 0.5) is 5.69 Å². The SMILES string of the molecule is O=[N+]([O-])c1ccc([C@H]2Oc3ccc(Cl)cc3[C@H]3CC(c4ccc5ccccc5c4)=NN32)cc1. The molecule has 0 saturated heterocycles. The summed E-state index contributed by atoms with van der Waals surface area (Å²) in [5.74, 6) is 0.749. The Morgan fingerprint density at radius 1 is 0.970 bits per heavy atom. The van der Waals surface area contributed by atoms with Crippen molar-refractivity contribution in [1.29, 1.82) is 0 Å². The summed E-state index contributed by atoms with van der Waals surface area (Å²) in [5, 5.41) is 21.0. The van der Waals surface area contributed by atoms with Crippen LogP contribution in [0.5, 0.6) is 5.75 Å². The highest BCUT2D eigenvalue weighted by Gasteiger charge is 2.41. The number of non-ortho nitro benzene ring substituents is 1. The van der Waals surface area contributed by atoms with E-state index in [0.717, 1.165) is 33.5 Å². The van der Waals surface area contributed by atoms with Crippen LogP contribution in [0.15, 0.2) is 90.0 Å². The summed E-state index contributed by atoms with van der Waals surface area (Å²) in [6.45, 7) is 0. The largest absolute Gasteiger partial charge is 0.464 e. The average Bonchev–Trinajstić information content (AvgIpc) is 3.29. The number of nitro benzene ring substituents is 1. The molecule has 33 heavy (non-hydrogen) atoms. The maximum absolute atomic E-state index is 11.1. The number of benzene rings is 4. The first kappa shape index (κ1) is 19.8. The van der Waals surface area contributed by atoms with Gasteiger partial charge in [0.1, 0.15) is 5.75 Å². The zero-order chi connectivity index (χ0) is 22.5. The Balaban J connectivity index is 1.43. The second kappa shape index (κ2) is 7.60. The highest BCUT2D eigenvalue weighted by Crippen LogP contribution is 2.48. The lowest BCUT2D eigenvalue weighted by atomic mass is 9.95. The Morgan fingerprint density at radius 3 is 2.55 bits per heavy atom. The summed E-state index contributed by atoms with van der Waals surface area (Å²) in [6.07, 6.45) is 0.209. The van der Waals surface area contributed by atoms with Crippen molar-refractivity contribution in [2.75, 3.05) is 0 Å². The molecule has 0 bridgehead atoms. The maximum Gasteiger partial charge on any atom is 0.269 e. The normalized spacial score (nSPS) is 18.9. The molecule has 6 nitrogen and oxygen atoms in total. The Kier molecular flexibility index (Phi) is 4.55. The summed E-state index contributed by atoms with van der Waals surface area (Å²) in [5.41, 5.74) is 3.86. The monoisotopic (exact) mass is 455 g/mol. The number of halogens is 1. The molecule has 0 aromatic heterocycles. The maximum atomic E-state index is 11.1. The van der Waals surface area contributed by atoms with E-state index in [4.69, 9.17) is 21.4 Å². The lowest BCUT2D eigenvalue weighted by Gasteiger charge is -2.38. The van der Waals surface area contributed by atoms with Gasteiger partial charge in [0.2, 0.25) is 6.23 Å². The third kappa shape index (κ3) is 3.39. The molecule has 7 heteroatoms. The van der Waals surface area contributed by atoms with Gasteiger partial charge in [-0.05, 0) is 52.7 Å². The molecule has 4 aromatic rings. The molecule has 2 aliphatic heterocycles. The summed E-state index contributed by atoms with van der Waals surface area (Å²) in [7, 11) is 0. The van der Waals surface area contributed by atoms with E-state index in [1.54, 1.807) is 12.1 Å². The van der Waals surface area contributed by atoms with E-state index in [0.29, 0.717) is 11.4 Å². The van der Waals surface area contributed by atoms with Crippen molar-refractivity contribution < 1.29 is 9.66 Å². The molecular weight excluding hydrogens is 438 g/mol. The number of hydrazone groups is 1. The van der Waals surface area contributed by atoms with Gasteiger partial charge < -0.3 is 4.74 Å². The van der Waals surface area contributed by atoms with Crippen molar-refractivity contribution in [2.24, 2.45) is 5.10 Å². The predicted molar refractivity (Wildman–Crippen MR) is 128 cm³/mol. The van der Waals surface area contributed by atoms with Crippen molar-refractivity contribution in [3.63, 3.8) is 0 Å². The molecule has 4 aromatic carbocycles. The molecule has 0 unspecified atom stereocenters. The fourth-order valence-electron chi connectivity index (χ4n) is 4.58. The Bertz CT molecular complexity index is 1430. The van der Waals surface area contributed by atoms with Crippen molar-refractivity contribution in [2.45, 2.75) is 18.7 Å². The molecule has 0 saturated carbocycles. The number of rotatable bonds is 3. The number of nitro groups is 1. The summed E-state index contributed by atoms with van der Waals surface area (Å²) < 4.78 is 6.33. The third-order valence-electron chi connectivity index (χ3n) is 6.22. The molecule has 0 radical (unpaired) electrons. The van der Waals surface area contributed by atoms with Crippen molar-refractivity contribution in [1.82, 2.24) is 5.01 Å². The Labute approximate surface area is 194 Å². The lowest BCUT2D eigenvalue weighted by molar-refractivity contribution is -0.384. The molecule has 162 valence electrons. The van der Waals surface area contributed by atoms with E-state index in [1.807, 2.05) is 35.3 Å². The van der Waals surface area contributed by atoms with E-state index < -0.39 is 11.2 Å². The molecule has 2 aliphatic rings. The van der Waals surface area contributed by atoms with Gasteiger partial charge in [-0.3, -0.25) is 10.1 Å². The molecule has 0 fully saturated rings. The van der Waals surface area contributed by atoms with Crippen LogP contribution >= 0.6 is 11.6 Å². The number of hydrogen-bond acceptors (Lipinski definition) is 5. The molecule has 0 amide bonds. The van der Waals surface area contributed by atoms with Crippen molar-refractivity contribution in [3.05, 3.63) is 117 Å². The lowest BCUT2D eigenvalue weighted by Crippen LogP contribution is -2.33. The van der Waals surface area contributed by atoms with Crippen LogP contribution in [0.1, 0.15) is 35.4 Å². The summed E-state index contributed by atoms with van der Waals surface area (Å²) in [4.78, 5) is 10.7. The van der Waals surface area contributed by atoms with Gasteiger partial charge in [0.25, 0.3) is 5.69 Å². The van der Waals surface area contributed by atoms with Crippen molar-refractivity contribution >= 4 is 33.8 Å². The van der Waals surface area contributed by atoms with Gasteiger partial charge in [-0.25, -0.2) is 5.01 Å². The van der Waals surface area contributed by atoms with Crippen molar-refractivity contribution in [3.8, 4) is 5.75 Å². The smallest absolute Gasteiger partial charge is 0.269 e. The highest BCUT2D eigenvalue weighted by atomic mass is 35.5. The molecule has 2 atom stereocenters. The van der Waals surface area contributed by atoms with E-state index in [9.17, 15) is 10.1 Å². The van der Waals surface area contributed by atoms with Gasteiger partial charge in [-0.15, -0.1) is 0 Å². The standard InChI is InChI=1S/C26H18ClN3O3/c27-20-9-12-25-22(14-20)24-15-23(19-6-5-16-3-1-2-4-18(16)13-19)28-29(24)26(33-25)17-7-10-21(11-8-17)30(31)32/h1-14,24,26H,15H2/t24-,26-/m1/s1.